The topological polar surface area (TPSA) is 44.0 Å². The number of carbonyl (C=O) groups excluding carboxylic acids is 1. The number of rotatable bonds is 3. The van der Waals surface area contributed by atoms with Crippen LogP contribution < -0.4 is 39.2 Å². The molecule has 0 fully saturated rings. The first-order chi connectivity index (χ1) is 7.75. The summed E-state index contributed by atoms with van der Waals surface area (Å²) in [6, 6.07) is 13.1. The molecule has 1 heterocycles. The van der Waals surface area contributed by atoms with E-state index in [0.717, 1.165) is 5.56 Å². The van der Waals surface area contributed by atoms with Crippen LogP contribution in [0.2, 0.25) is 0 Å². The summed E-state index contributed by atoms with van der Waals surface area (Å²) >= 11 is 0. The zero-order valence-electron chi connectivity index (χ0n) is 9.67. The maximum Gasteiger partial charge on any atom is 1.00 e. The molecule has 1 aromatic heterocycles. The second kappa shape index (κ2) is 6.55. The number of hydrogen-bond donors (Lipinski definition) is 0. The van der Waals surface area contributed by atoms with Gasteiger partial charge < -0.3 is 9.90 Å². The van der Waals surface area contributed by atoms with Crippen LogP contribution in [0.3, 0.4) is 0 Å². The molecular weight excluding hydrogens is 225 g/mol. The van der Waals surface area contributed by atoms with E-state index in [-0.39, 0.29) is 35.1 Å². The molecule has 0 radical (unpaired) electrons. The van der Waals surface area contributed by atoms with Crippen molar-refractivity contribution in [2.45, 2.75) is 6.54 Å². The van der Waals surface area contributed by atoms with Crippen LogP contribution in [0.25, 0.3) is 0 Å². The molecule has 4 heteroatoms. The Labute approximate surface area is 122 Å². The van der Waals surface area contributed by atoms with E-state index in [4.69, 9.17) is 0 Å². The van der Waals surface area contributed by atoms with Crippen LogP contribution in [0.1, 0.15) is 15.9 Å². The fraction of sp³-hybridized carbons (Fsp3) is 0.0769. The van der Waals surface area contributed by atoms with E-state index < -0.39 is 5.97 Å². The van der Waals surface area contributed by atoms with Gasteiger partial charge in [0.1, 0.15) is 0 Å². The SMILES string of the molecule is O=C([O-])c1ccc[n+](Cc2ccccc2)c1.[Na+]. The van der Waals surface area contributed by atoms with E-state index in [1.807, 2.05) is 41.1 Å². The quantitative estimate of drug-likeness (QED) is 0.433. The molecule has 0 aliphatic rings. The third kappa shape index (κ3) is 3.97. The summed E-state index contributed by atoms with van der Waals surface area (Å²) in [5, 5.41) is 10.7. The van der Waals surface area contributed by atoms with Gasteiger partial charge in [0, 0.05) is 11.6 Å². The summed E-state index contributed by atoms with van der Waals surface area (Å²) in [5.41, 5.74) is 1.32. The minimum Gasteiger partial charge on any atom is -0.545 e. The largest absolute Gasteiger partial charge is 1.00 e. The number of carbonyl (C=O) groups is 1. The Morgan fingerprint density at radius 2 is 1.82 bits per heavy atom. The van der Waals surface area contributed by atoms with Crippen molar-refractivity contribution in [2.24, 2.45) is 0 Å². The molecule has 0 saturated heterocycles. The van der Waals surface area contributed by atoms with Crippen molar-refractivity contribution in [3.8, 4) is 0 Å². The molecular formula is C13H11NNaO2+. The number of carboxylic acids is 1. The summed E-state index contributed by atoms with van der Waals surface area (Å²) in [4.78, 5) is 10.7. The smallest absolute Gasteiger partial charge is 0.545 e. The molecule has 0 spiro atoms. The van der Waals surface area contributed by atoms with Crippen molar-refractivity contribution in [3.63, 3.8) is 0 Å². The van der Waals surface area contributed by atoms with Crippen molar-refractivity contribution >= 4 is 5.97 Å². The molecule has 3 nitrogen and oxygen atoms in total. The Hall–Kier alpha value is -1.16. The zero-order chi connectivity index (χ0) is 11.4. The fourth-order valence-corrected chi connectivity index (χ4v) is 1.54. The number of benzene rings is 1. The predicted octanol–water partition coefficient (Wildman–Crippen LogP) is -2.61. The second-order valence-corrected chi connectivity index (χ2v) is 3.54. The van der Waals surface area contributed by atoms with Gasteiger partial charge >= 0.3 is 29.6 Å². The third-order valence-corrected chi connectivity index (χ3v) is 2.30. The molecule has 0 saturated carbocycles. The van der Waals surface area contributed by atoms with E-state index in [2.05, 4.69) is 0 Å². The monoisotopic (exact) mass is 236 g/mol. The van der Waals surface area contributed by atoms with Crippen molar-refractivity contribution in [1.82, 2.24) is 0 Å². The van der Waals surface area contributed by atoms with E-state index in [0.29, 0.717) is 6.54 Å². The summed E-state index contributed by atoms with van der Waals surface area (Å²) in [6.07, 6.45) is 3.40. The number of hydrogen-bond acceptors (Lipinski definition) is 2. The first-order valence-corrected chi connectivity index (χ1v) is 5.00. The van der Waals surface area contributed by atoms with Crippen molar-refractivity contribution < 1.29 is 44.0 Å². The number of aromatic nitrogens is 1. The van der Waals surface area contributed by atoms with Gasteiger partial charge in [-0.25, -0.2) is 4.57 Å². The summed E-state index contributed by atoms with van der Waals surface area (Å²) < 4.78 is 1.82. The van der Waals surface area contributed by atoms with Crippen LogP contribution >= 0.6 is 0 Å². The van der Waals surface area contributed by atoms with Crippen molar-refractivity contribution in [1.29, 1.82) is 0 Å². The van der Waals surface area contributed by atoms with Crippen molar-refractivity contribution in [3.05, 3.63) is 66.0 Å². The molecule has 0 unspecified atom stereocenters. The fourth-order valence-electron chi connectivity index (χ4n) is 1.54. The molecule has 0 bridgehead atoms. The number of aromatic carboxylic acids is 1. The number of pyridine rings is 1. The van der Waals surface area contributed by atoms with E-state index in [9.17, 15) is 9.90 Å². The van der Waals surface area contributed by atoms with Gasteiger partial charge in [0.15, 0.2) is 18.9 Å². The molecule has 2 rings (SSSR count). The van der Waals surface area contributed by atoms with Gasteiger partial charge in [0.2, 0.25) is 0 Å². The maximum atomic E-state index is 10.7. The molecule has 0 aliphatic heterocycles. The zero-order valence-corrected chi connectivity index (χ0v) is 11.7. The summed E-state index contributed by atoms with van der Waals surface area (Å²) in [6.45, 7) is 0.655. The van der Waals surface area contributed by atoms with E-state index in [1.165, 1.54) is 6.07 Å². The first-order valence-electron chi connectivity index (χ1n) is 5.00. The predicted molar refractivity (Wildman–Crippen MR) is 56.5 cm³/mol. The van der Waals surface area contributed by atoms with Crippen LogP contribution in [0.4, 0.5) is 0 Å². The Balaban J connectivity index is 0.00000144. The standard InChI is InChI=1S/C13H11NO2.Na/c15-13(16)12-7-4-8-14(10-12)9-11-5-2-1-3-6-11;/h1-8,10H,9H2;/q;+1. The molecule has 0 aliphatic carbocycles. The van der Waals surface area contributed by atoms with Gasteiger partial charge in [-0.2, -0.15) is 0 Å². The van der Waals surface area contributed by atoms with Crippen LogP contribution in [0.15, 0.2) is 54.9 Å². The van der Waals surface area contributed by atoms with Gasteiger partial charge in [-0.05, 0) is 6.07 Å². The molecule has 0 N–H and O–H groups in total. The Morgan fingerprint density at radius 3 is 2.47 bits per heavy atom. The summed E-state index contributed by atoms with van der Waals surface area (Å²) in [7, 11) is 0. The Morgan fingerprint density at radius 1 is 1.12 bits per heavy atom. The maximum absolute atomic E-state index is 10.7. The average Bonchev–Trinajstić information content (AvgIpc) is 2.30. The molecule has 80 valence electrons. The van der Waals surface area contributed by atoms with Gasteiger partial charge in [-0.1, -0.05) is 30.3 Å². The van der Waals surface area contributed by atoms with Gasteiger partial charge in [-0.3, -0.25) is 0 Å². The number of nitrogens with zero attached hydrogens (tertiary/aromatic N) is 1. The second-order valence-electron chi connectivity index (χ2n) is 3.54. The minimum atomic E-state index is -1.15. The van der Waals surface area contributed by atoms with Crippen LogP contribution in [-0.4, -0.2) is 5.97 Å². The molecule has 0 amide bonds. The van der Waals surface area contributed by atoms with Gasteiger partial charge in [0.05, 0.1) is 11.5 Å². The molecule has 17 heavy (non-hydrogen) atoms. The molecule has 2 aromatic rings. The number of carboxylic acid groups (broad SMARTS) is 1. The van der Waals surface area contributed by atoms with E-state index in [1.54, 1.807) is 12.3 Å². The minimum absolute atomic E-state index is 0. The average molecular weight is 236 g/mol. The normalized spacial score (nSPS) is 9.41. The Bertz CT molecular complexity index is 500. The molecule has 1 aromatic carbocycles. The molecule has 0 atom stereocenters. The van der Waals surface area contributed by atoms with Gasteiger partial charge in [0.25, 0.3) is 0 Å². The Kier molecular flexibility index (Phi) is 5.35. The van der Waals surface area contributed by atoms with Crippen molar-refractivity contribution in [2.75, 3.05) is 0 Å². The van der Waals surface area contributed by atoms with Crippen LogP contribution in [-0.2, 0) is 6.54 Å². The van der Waals surface area contributed by atoms with Gasteiger partial charge in [-0.15, -0.1) is 0 Å². The third-order valence-electron chi connectivity index (χ3n) is 2.30. The van der Waals surface area contributed by atoms with E-state index >= 15 is 0 Å². The van der Waals surface area contributed by atoms with Crippen LogP contribution in [0, 0.1) is 0 Å². The summed E-state index contributed by atoms with van der Waals surface area (Å²) in [5.74, 6) is -1.15. The van der Waals surface area contributed by atoms with Crippen LogP contribution in [0.5, 0.6) is 0 Å². The first kappa shape index (κ1) is 13.9.